The Balaban J connectivity index is 1.89. The van der Waals surface area contributed by atoms with E-state index in [9.17, 15) is 0 Å². The fraction of sp³-hybridized carbons (Fsp3) is 0.278. The lowest BCUT2D eigenvalue weighted by atomic mass is 9.95. The van der Waals surface area contributed by atoms with E-state index in [1.165, 1.54) is 11.1 Å². The Labute approximate surface area is 136 Å². The second-order valence-electron chi connectivity index (χ2n) is 5.50. The van der Waals surface area contributed by atoms with Crippen molar-refractivity contribution in [2.75, 3.05) is 13.1 Å². The highest BCUT2D eigenvalue weighted by Gasteiger charge is 2.18. The number of nitrogens with one attached hydrogen (secondary N) is 2. The highest BCUT2D eigenvalue weighted by Crippen LogP contribution is 2.26. The summed E-state index contributed by atoms with van der Waals surface area (Å²) in [5, 5.41) is 7.62. The molecule has 1 atom stereocenters. The van der Waals surface area contributed by atoms with Crippen LogP contribution in [0.4, 0.5) is 0 Å². The lowest BCUT2D eigenvalue weighted by Crippen LogP contribution is -2.37. The molecule has 22 heavy (non-hydrogen) atoms. The third-order valence-corrected chi connectivity index (χ3v) is 4.36. The number of benzene rings is 2. The number of guanidine groups is 1. The highest BCUT2D eigenvalue weighted by atomic mass is 35.5. The highest BCUT2D eigenvalue weighted by molar-refractivity contribution is 6.31. The van der Waals surface area contributed by atoms with Crippen LogP contribution >= 0.6 is 11.6 Å². The van der Waals surface area contributed by atoms with E-state index in [4.69, 9.17) is 11.6 Å². The third kappa shape index (κ3) is 3.42. The Hall–Kier alpha value is -2.00. The van der Waals surface area contributed by atoms with Gasteiger partial charge in [-0.25, -0.2) is 0 Å². The standard InChI is InChI=1S/C18H20ClN3/c1-13-15(8-5-9-16(13)19)17(22-18-20-10-11-21-18)12-14-6-3-2-4-7-14/h2-9,17H,10-12H2,1H3,(H2,20,21,22). The fourth-order valence-electron chi connectivity index (χ4n) is 2.75. The number of hydrogen-bond donors (Lipinski definition) is 2. The van der Waals surface area contributed by atoms with Gasteiger partial charge in [-0.2, -0.15) is 0 Å². The monoisotopic (exact) mass is 313 g/mol. The average Bonchev–Trinajstić information content (AvgIpc) is 3.03. The first-order valence-electron chi connectivity index (χ1n) is 7.58. The normalized spacial score (nSPS) is 15.1. The van der Waals surface area contributed by atoms with Gasteiger partial charge in [0.2, 0.25) is 0 Å². The Bertz CT molecular complexity index is 667. The van der Waals surface area contributed by atoms with Crippen LogP contribution in [-0.4, -0.2) is 19.0 Å². The molecule has 0 spiro atoms. The average molecular weight is 314 g/mol. The molecule has 1 aliphatic rings. The molecule has 114 valence electrons. The first-order chi connectivity index (χ1) is 10.7. The summed E-state index contributed by atoms with van der Waals surface area (Å²) in [5.41, 5.74) is 3.63. The summed E-state index contributed by atoms with van der Waals surface area (Å²) in [4.78, 5) is 4.46. The molecule has 4 heteroatoms. The first kappa shape index (κ1) is 14.9. The van der Waals surface area contributed by atoms with Crippen molar-refractivity contribution in [1.29, 1.82) is 0 Å². The van der Waals surface area contributed by atoms with Crippen molar-refractivity contribution >= 4 is 17.6 Å². The van der Waals surface area contributed by atoms with Gasteiger partial charge in [-0.05, 0) is 36.1 Å². The molecule has 0 fully saturated rings. The maximum absolute atomic E-state index is 6.30. The Morgan fingerprint density at radius 3 is 2.73 bits per heavy atom. The van der Waals surface area contributed by atoms with Gasteiger partial charge in [-0.1, -0.05) is 54.1 Å². The minimum absolute atomic E-state index is 0.144. The predicted molar refractivity (Wildman–Crippen MR) is 92.5 cm³/mol. The van der Waals surface area contributed by atoms with Crippen LogP contribution in [0.5, 0.6) is 0 Å². The molecule has 3 rings (SSSR count). The van der Waals surface area contributed by atoms with Crippen molar-refractivity contribution in [2.45, 2.75) is 19.4 Å². The summed E-state index contributed by atoms with van der Waals surface area (Å²) in [7, 11) is 0. The summed E-state index contributed by atoms with van der Waals surface area (Å²) in [6.07, 6.45) is 0.892. The molecule has 2 aromatic carbocycles. The molecule has 0 aromatic heterocycles. The Kier molecular flexibility index (Phi) is 4.64. The molecular formula is C18H20ClN3. The van der Waals surface area contributed by atoms with Crippen LogP contribution in [0.2, 0.25) is 5.02 Å². The number of aliphatic imine (C=N–C) groups is 1. The van der Waals surface area contributed by atoms with Crippen molar-refractivity contribution in [1.82, 2.24) is 10.6 Å². The van der Waals surface area contributed by atoms with Crippen LogP contribution in [0, 0.1) is 6.92 Å². The van der Waals surface area contributed by atoms with Gasteiger partial charge in [-0.15, -0.1) is 0 Å². The van der Waals surface area contributed by atoms with E-state index in [0.29, 0.717) is 0 Å². The van der Waals surface area contributed by atoms with Crippen LogP contribution in [0.1, 0.15) is 22.7 Å². The predicted octanol–water partition coefficient (Wildman–Crippen LogP) is 3.48. The lowest BCUT2D eigenvalue weighted by molar-refractivity contribution is 0.630. The minimum Gasteiger partial charge on any atom is -0.355 e. The molecule has 1 heterocycles. The largest absolute Gasteiger partial charge is 0.355 e. The molecule has 1 unspecified atom stereocenters. The van der Waals surface area contributed by atoms with Crippen LogP contribution in [0.25, 0.3) is 0 Å². The summed E-state index contributed by atoms with van der Waals surface area (Å²) in [6, 6.07) is 16.7. The molecule has 3 nitrogen and oxygen atoms in total. The van der Waals surface area contributed by atoms with Gasteiger partial charge in [-0.3, -0.25) is 4.99 Å². The quantitative estimate of drug-likeness (QED) is 0.906. The zero-order chi connectivity index (χ0) is 15.4. The van der Waals surface area contributed by atoms with E-state index in [0.717, 1.165) is 36.1 Å². The van der Waals surface area contributed by atoms with Gasteiger partial charge in [0, 0.05) is 11.6 Å². The lowest BCUT2D eigenvalue weighted by Gasteiger charge is -2.23. The smallest absolute Gasteiger partial charge is 0.191 e. The van der Waals surface area contributed by atoms with Crippen LogP contribution < -0.4 is 10.6 Å². The molecule has 0 saturated heterocycles. The zero-order valence-electron chi connectivity index (χ0n) is 12.6. The first-order valence-corrected chi connectivity index (χ1v) is 7.95. The maximum atomic E-state index is 6.30. The van der Waals surface area contributed by atoms with Crippen LogP contribution in [-0.2, 0) is 6.42 Å². The van der Waals surface area contributed by atoms with Crippen molar-refractivity contribution < 1.29 is 0 Å². The van der Waals surface area contributed by atoms with Crippen molar-refractivity contribution in [2.24, 2.45) is 4.99 Å². The Morgan fingerprint density at radius 2 is 2.00 bits per heavy atom. The summed E-state index contributed by atoms with van der Waals surface area (Å²) < 4.78 is 0. The minimum atomic E-state index is 0.144. The van der Waals surface area contributed by atoms with Gasteiger partial charge in [0.25, 0.3) is 0 Å². The number of nitrogens with zero attached hydrogens (tertiary/aromatic N) is 1. The summed E-state index contributed by atoms with van der Waals surface area (Å²) >= 11 is 6.30. The number of rotatable bonds is 4. The summed E-state index contributed by atoms with van der Waals surface area (Å²) in [5.74, 6) is 0.875. The van der Waals surface area contributed by atoms with E-state index < -0.39 is 0 Å². The topological polar surface area (TPSA) is 36.4 Å². The number of halogens is 1. The zero-order valence-corrected chi connectivity index (χ0v) is 13.4. The van der Waals surface area contributed by atoms with Crippen molar-refractivity contribution in [3.8, 4) is 0 Å². The van der Waals surface area contributed by atoms with Gasteiger partial charge in [0.1, 0.15) is 0 Å². The van der Waals surface area contributed by atoms with E-state index >= 15 is 0 Å². The maximum Gasteiger partial charge on any atom is 0.191 e. The van der Waals surface area contributed by atoms with Gasteiger partial charge >= 0.3 is 0 Å². The summed E-state index contributed by atoms with van der Waals surface area (Å²) in [6.45, 7) is 3.80. The van der Waals surface area contributed by atoms with E-state index in [2.05, 4.69) is 52.9 Å². The van der Waals surface area contributed by atoms with Gasteiger partial charge < -0.3 is 10.6 Å². The molecule has 0 aliphatic carbocycles. The molecule has 2 aromatic rings. The van der Waals surface area contributed by atoms with Gasteiger partial charge in [0.05, 0.1) is 12.6 Å². The fourth-order valence-corrected chi connectivity index (χ4v) is 2.93. The van der Waals surface area contributed by atoms with E-state index in [-0.39, 0.29) is 6.04 Å². The second-order valence-corrected chi connectivity index (χ2v) is 5.91. The molecule has 0 bridgehead atoms. The molecule has 0 amide bonds. The van der Waals surface area contributed by atoms with Gasteiger partial charge in [0.15, 0.2) is 5.96 Å². The van der Waals surface area contributed by atoms with Crippen molar-refractivity contribution in [3.05, 3.63) is 70.2 Å². The number of hydrogen-bond acceptors (Lipinski definition) is 3. The Morgan fingerprint density at radius 1 is 1.18 bits per heavy atom. The molecular weight excluding hydrogens is 294 g/mol. The molecule has 2 N–H and O–H groups in total. The van der Waals surface area contributed by atoms with E-state index in [1.54, 1.807) is 0 Å². The molecule has 0 saturated carbocycles. The molecule has 0 radical (unpaired) electrons. The van der Waals surface area contributed by atoms with Crippen LogP contribution in [0.15, 0.2) is 53.5 Å². The van der Waals surface area contributed by atoms with Crippen molar-refractivity contribution in [3.63, 3.8) is 0 Å². The SMILES string of the molecule is Cc1c(Cl)cccc1C(Cc1ccccc1)NC1=NCCN1. The van der Waals surface area contributed by atoms with E-state index in [1.807, 2.05) is 18.2 Å². The second kappa shape index (κ2) is 6.84. The third-order valence-electron chi connectivity index (χ3n) is 3.95. The molecule has 1 aliphatic heterocycles. The van der Waals surface area contributed by atoms with Crippen LogP contribution in [0.3, 0.4) is 0 Å².